The van der Waals surface area contributed by atoms with Crippen molar-refractivity contribution in [1.82, 2.24) is 5.32 Å². The lowest BCUT2D eigenvalue weighted by Crippen LogP contribution is -2.45. The summed E-state index contributed by atoms with van der Waals surface area (Å²) in [6.07, 6.45) is 0. The predicted octanol–water partition coefficient (Wildman–Crippen LogP) is 0.755. The molecule has 0 amide bonds. The van der Waals surface area contributed by atoms with Gasteiger partial charge in [-0.3, -0.25) is 0 Å². The summed E-state index contributed by atoms with van der Waals surface area (Å²) in [6.45, 7) is 8.19. The van der Waals surface area contributed by atoms with Gasteiger partial charge in [0.2, 0.25) is 0 Å². The van der Waals surface area contributed by atoms with Crippen molar-refractivity contribution < 1.29 is 5.21 Å². The van der Waals surface area contributed by atoms with E-state index < -0.39 is 0 Å². The molecule has 4 nitrogen and oxygen atoms in total. The SMILES string of the molecule is CC(NC(C)C(C)C)C(N)=NO. The first kappa shape index (κ1) is 11.2. The average molecular weight is 173 g/mol. The van der Waals surface area contributed by atoms with Gasteiger partial charge in [-0.15, -0.1) is 0 Å². The van der Waals surface area contributed by atoms with E-state index >= 15 is 0 Å². The van der Waals surface area contributed by atoms with Gasteiger partial charge in [-0.25, -0.2) is 0 Å². The van der Waals surface area contributed by atoms with Crippen molar-refractivity contribution in [1.29, 1.82) is 0 Å². The van der Waals surface area contributed by atoms with Crippen LogP contribution >= 0.6 is 0 Å². The van der Waals surface area contributed by atoms with Crippen LogP contribution in [0.3, 0.4) is 0 Å². The number of amidine groups is 1. The normalized spacial score (nSPS) is 17.9. The molecule has 0 aliphatic carbocycles. The molecule has 0 saturated heterocycles. The fraction of sp³-hybridized carbons (Fsp3) is 0.875. The third kappa shape index (κ3) is 3.57. The van der Waals surface area contributed by atoms with Crippen LogP contribution < -0.4 is 11.1 Å². The van der Waals surface area contributed by atoms with Crippen LogP contribution in [0.5, 0.6) is 0 Å². The third-order valence-corrected chi connectivity index (χ3v) is 2.07. The Morgan fingerprint density at radius 1 is 1.33 bits per heavy atom. The van der Waals surface area contributed by atoms with Crippen molar-refractivity contribution >= 4 is 5.84 Å². The van der Waals surface area contributed by atoms with Gasteiger partial charge in [-0.1, -0.05) is 19.0 Å². The highest BCUT2D eigenvalue weighted by Gasteiger charge is 2.12. The maximum Gasteiger partial charge on any atom is 0.156 e. The molecule has 0 heterocycles. The highest BCUT2D eigenvalue weighted by molar-refractivity contribution is 5.84. The van der Waals surface area contributed by atoms with Crippen LogP contribution in [0.1, 0.15) is 27.7 Å². The minimum atomic E-state index is -0.0765. The van der Waals surface area contributed by atoms with Gasteiger partial charge in [0.15, 0.2) is 5.84 Å². The molecule has 4 heteroatoms. The summed E-state index contributed by atoms with van der Waals surface area (Å²) < 4.78 is 0. The highest BCUT2D eigenvalue weighted by Crippen LogP contribution is 2.00. The quantitative estimate of drug-likeness (QED) is 0.254. The van der Waals surface area contributed by atoms with E-state index in [-0.39, 0.29) is 11.9 Å². The Hall–Kier alpha value is -0.770. The van der Waals surface area contributed by atoms with Crippen molar-refractivity contribution in [3.63, 3.8) is 0 Å². The van der Waals surface area contributed by atoms with E-state index in [9.17, 15) is 0 Å². The second-order valence-electron chi connectivity index (χ2n) is 3.45. The molecule has 0 aliphatic heterocycles. The zero-order valence-corrected chi connectivity index (χ0v) is 8.20. The first-order chi connectivity index (χ1) is 5.49. The lowest BCUT2D eigenvalue weighted by Gasteiger charge is -2.21. The Bertz CT molecular complexity index is 156. The molecule has 0 radical (unpaired) electrons. The highest BCUT2D eigenvalue weighted by atomic mass is 16.4. The largest absolute Gasteiger partial charge is 0.409 e. The molecule has 0 aliphatic rings. The number of rotatable bonds is 4. The van der Waals surface area contributed by atoms with Gasteiger partial charge in [0.25, 0.3) is 0 Å². The van der Waals surface area contributed by atoms with Gasteiger partial charge in [-0.05, 0) is 19.8 Å². The Morgan fingerprint density at radius 2 is 1.83 bits per heavy atom. The van der Waals surface area contributed by atoms with Gasteiger partial charge in [-0.2, -0.15) is 0 Å². The summed E-state index contributed by atoms with van der Waals surface area (Å²) in [5, 5.41) is 14.5. The van der Waals surface area contributed by atoms with Crippen molar-refractivity contribution in [2.75, 3.05) is 0 Å². The van der Waals surface area contributed by atoms with E-state index in [2.05, 4.69) is 31.2 Å². The summed E-state index contributed by atoms with van der Waals surface area (Å²) in [6, 6.07) is 0.285. The number of hydrogen-bond donors (Lipinski definition) is 3. The fourth-order valence-corrected chi connectivity index (χ4v) is 0.759. The maximum absolute atomic E-state index is 8.38. The predicted molar refractivity (Wildman–Crippen MR) is 50.3 cm³/mol. The number of nitrogens with one attached hydrogen (secondary N) is 1. The first-order valence-corrected chi connectivity index (χ1v) is 4.22. The van der Waals surface area contributed by atoms with E-state index in [1.165, 1.54) is 0 Å². The molecule has 0 bridgehead atoms. The van der Waals surface area contributed by atoms with Crippen LogP contribution in [-0.4, -0.2) is 23.1 Å². The van der Waals surface area contributed by atoms with Gasteiger partial charge >= 0.3 is 0 Å². The molecule has 2 unspecified atom stereocenters. The zero-order chi connectivity index (χ0) is 9.72. The fourth-order valence-electron chi connectivity index (χ4n) is 0.759. The molecule has 0 aromatic heterocycles. The van der Waals surface area contributed by atoms with Crippen LogP contribution in [0.25, 0.3) is 0 Å². The number of hydrogen-bond acceptors (Lipinski definition) is 3. The molecule has 2 atom stereocenters. The summed E-state index contributed by atoms with van der Waals surface area (Å²) in [7, 11) is 0. The van der Waals surface area contributed by atoms with Crippen LogP contribution in [-0.2, 0) is 0 Å². The molecule has 4 N–H and O–H groups in total. The molecule has 0 saturated carbocycles. The second kappa shape index (κ2) is 4.98. The smallest absolute Gasteiger partial charge is 0.156 e. The van der Waals surface area contributed by atoms with Gasteiger partial charge in [0.05, 0.1) is 6.04 Å². The van der Waals surface area contributed by atoms with E-state index in [0.717, 1.165) is 0 Å². The summed E-state index contributed by atoms with van der Waals surface area (Å²) in [5.74, 6) is 0.765. The Kier molecular flexibility index (Phi) is 4.66. The topological polar surface area (TPSA) is 70.6 Å². The third-order valence-electron chi connectivity index (χ3n) is 2.07. The van der Waals surface area contributed by atoms with Crippen LogP contribution in [0.15, 0.2) is 5.16 Å². The molecule has 0 aromatic carbocycles. The van der Waals surface area contributed by atoms with Gasteiger partial charge in [0, 0.05) is 6.04 Å². The summed E-state index contributed by atoms with van der Waals surface area (Å²) in [4.78, 5) is 0. The molecule has 0 spiro atoms. The number of nitrogens with two attached hydrogens (primary N) is 1. The second-order valence-corrected chi connectivity index (χ2v) is 3.45. The van der Waals surface area contributed by atoms with Crippen molar-refractivity contribution in [2.24, 2.45) is 16.8 Å². The molecule has 72 valence electrons. The number of oxime groups is 1. The van der Waals surface area contributed by atoms with Crippen molar-refractivity contribution in [3.8, 4) is 0 Å². The molecule has 0 rings (SSSR count). The maximum atomic E-state index is 8.38. The Morgan fingerprint density at radius 3 is 2.17 bits per heavy atom. The van der Waals surface area contributed by atoms with Crippen LogP contribution in [0.4, 0.5) is 0 Å². The van der Waals surface area contributed by atoms with E-state index in [1.807, 2.05) is 6.92 Å². The average Bonchev–Trinajstić information content (AvgIpc) is 2.02. The van der Waals surface area contributed by atoms with E-state index in [0.29, 0.717) is 12.0 Å². The Balaban J connectivity index is 3.92. The molecular formula is C8H19N3O. The summed E-state index contributed by atoms with van der Waals surface area (Å²) in [5.41, 5.74) is 5.40. The molecule has 0 fully saturated rings. The minimum Gasteiger partial charge on any atom is -0.409 e. The zero-order valence-electron chi connectivity index (χ0n) is 8.20. The lowest BCUT2D eigenvalue weighted by atomic mass is 10.1. The first-order valence-electron chi connectivity index (χ1n) is 4.22. The lowest BCUT2D eigenvalue weighted by molar-refractivity contribution is 0.313. The number of nitrogens with zero attached hydrogens (tertiary/aromatic N) is 1. The van der Waals surface area contributed by atoms with Crippen LogP contribution in [0.2, 0.25) is 0 Å². The molecular weight excluding hydrogens is 154 g/mol. The van der Waals surface area contributed by atoms with E-state index in [1.54, 1.807) is 0 Å². The Labute approximate surface area is 73.8 Å². The molecule has 0 aromatic rings. The van der Waals surface area contributed by atoms with Gasteiger partial charge in [0.1, 0.15) is 0 Å². The van der Waals surface area contributed by atoms with Crippen molar-refractivity contribution in [3.05, 3.63) is 0 Å². The van der Waals surface area contributed by atoms with Crippen LogP contribution in [0, 0.1) is 5.92 Å². The van der Waals surface area contributed by atoms with E-state index in [4.69, 9.17) is 10.9 Å². The van der Waals surface area contributed by atoms with Gasteiger partial charge < -0.3 is 16.3 Å². The van der Waals surface area contributed by atoms with Crippen molar-refractivity contribution in [2.45, 2.75) is 39.8 Å². The minimum absolute atomic E-state index is 0.0765. The standard InChI is InChI=1S/C8H19N3O/c1-5(2)6(3)10-7(4)8(9)11-12/h5-7,10,12H,1-4H3,(H2,9,11). The summed E-state index contributed by atoms with van der Waals surface area (Å²) >= 11 is 0. The molecule has 12 heavy (non-hydrogen) atoms. The monoisotopic (exact) mass is 173 g/mol.